The van der Waals surface area contributed by atoms with Gasteiger partial charge in [-0.2, -0.15) is 0 Å². The zero-order chi connectivity index (χ0) is 24.5. The minimum absolute atomic E-state index is 0.0235. The van der Waals surface area contributed by atoms with Gasteiger partial charge >= 0.3 is 0 Å². The Kier molecular flexibility index (Phi) is 8.65. The average molecular weight is 480 g/mol. The van der Waals surface area contributed by atoms with E-state index in [1.807, 2.05) is 43.3 Å². The zero-order valence-corrected chi connectivity index (χ0v) is 19.7. The van der Waals surface area contributed by atoms with E-state index in [-0.39, 0.29) is 12.3 Å². The maximum absolute atomic E-state index is 12.4. The molecule has 0 saturated carbocycles. The van der Waals surface area contributed by atoms with Crippen LogP contribution in [0.3, 0.4) is 0 Å². The maximum Gasteiger partial charge on any atom is 0.269 e. The normalized spacial score (nSPS) is 11.3. The van der Waals surface area contributed by atoms with Crippen molar-refractivity contribution in [2.75, 3.05) is 0 Å². The molecule has 0 radical (unpaired) electrons. The van der Waals surface area contributed by atoms with Gasteiger partial charge in [-0.05, 0) is 53.9 Å². The number of hydrogen-bond donors (Lipinski definition) is 3. The van der Waals surface area contributed by atoms with Crippen LogP contribution in [0.25, 0.3) is 0 Å². The first-order valence-corrected chi connectivity index (χ1v) is 11.1. The first-order chi connectivity index (χ1) is 16.3. The highest BCUT2D eigenvalue weighted by Gasteiger charge is 2.17. The molecule has 3 aromatic rings. The van der Waals surface area contributed by atoms with Crippen molar-refractivity contribution >= 4 is 29.3 Å². The molecule has 0 heterocycles. The van der Waals surface area contributed by atoms with Crippen molar-refractivity contribution in [1.29, 1.82) is 0 Å². The number of amides is 3. The minimum Gasteiger partial charge on any atom is -0.489 e. The molecule has 3 aromatic carbocycles. The van der Waals surface area contributed by atoms with E-state index in [1.54, 1.807) is 36.4 Å². The number of nitrogens with one attached hydrogen (secondary N) is 3. The Balaban J connectivity index is 1.50. The van der Waals surface area contributed by atoms with Crippen molar-refractivity contribution in [3.05, 3.63) is 100 Å². The molecule has 1 unspecified atom stereocenters. The fraction of sp³-hybridized carbons (Fsp3) is 0.192. The van der Waals surface area contributed by atoms with Crippen LogP contribution in [0, 0.1) is 6.92 Å². The molecule has 3 amide bonds. The van der Waals surface area contributed by atoms with Crippen LogP contribution in [-0.2, 0) is 16.2 Å². The highest BCUT2D eigenvalue weighted by molar-refractivity contribution is 6.31. The molecule has 1 atom stereocenters. The summed E-state index contributed by atoms with van der Waals surface area (Å²) < 4.78 is 5.76. The van der Waals surface area contributed by atoms with E-state index in [9.17, 15) is 14.4 Å². The lowest BCUT2D eigenvalue weighted by molar-refractivity contribution is -0.123. The van der Waals surface area contributed by atoms with Gasteiger partial charge in [0.25, 0.3) is 5.91 Å². The van der Waals surface area contributed by atoms with Crippen LogP contribution in [0.2, 0.25) is 5.02 Å². The van der Waals surface area contributed by atoms with Crippen molar-refractivity contribution in [3.8, 4) is 5.75 Å². The van der Waals surface area contributed by atoms with Gasteiger partial charge in [-0.25, -0.2) is 0 Å². The predicted molar refractivity (Wildman–Crippen MR) is 130 cm³/mol. The zero-order valence-electron chi connectivity index (χ0n) is 18.9. The molecule has 3 rings (SSSR count). The molecule has 34 heavy (non-hydrogen) atoms. The van der Waals surface area contributed by atoms with Crippen molar-refractivity contribution in [3.63, 3.8) is 0 Å². The highest BCUT2D eigenvalue weighted by atomic mass is 35.5. The van der Waals surface area contributed by atoms with E-state index < -0.39 is 17.9 Å². The number of benzene rings is 3. The molecule has 8 heteroatoms. The molecule has 0 saturated heterocycles. The standard InChI is InChI=1S/C26H26ClN3O4/c1-17-14-22(12-13-23(17)27)34-16-19-8-10-21(11-9-19)26(33)30-29-25(32)15-24(28-18(2)31)20-6-4-3-5-7-20/h3-14,24H,15-16H2,1-2H3,(H,28,31)(H,29,32)(H,30,33). The number of carbonyl (C=O) groups is 3. The van der Waals surface area contributed by atoms with Crippen LogP contribution in [0.1, 0.15) is 46.4 Å². The van der Waals surface area contributed by atoms with Crippen molar-refractivity contribution in [1.82, 2.24) is 16.2 Å². The van der Waals surface area contributed by atoms with Gasteiger partial charge in [0.15, 0.2) is 0 Å². The fourth-order valence-electron chi connectivity index (χ4n) is 3.24. The lowest BCUT2D eigenvalue weighted by Crippen LogP contribution is -2.43. The SMILES string of the molecule is CC(=O)NC(CC(=O)NNC(=O)c1ccc(COc2ccc(Cl)c(C)c2)cc1)c1ccccc1. The van der Waals surface area contributed by atoms with E-state index >= 15 is 0 Å². The van der Waals surface area contributed by atoms with Crippen LogP contribution in [0.4, 0.5) is 0 Å². The monoisotopic (exact) mass is 479 g/mol. The summed E-state index contributed by atoms with van der Waals surface area (Å²) in [4.78, 5) is 36.3. The molecule has 3 N–H and O–H groups in total. The Hall–Kier alpha value is -3.84. The van der Waals surface area contributed by atoms with E-state index in [0.29, 0.717) is 22.9 Å². The van der Waals surface area contributed by atoms with Crippen LogP contribution >= 0.6 is 11.6 Å². The number of aryl methyl sites for hydroxylation is 1. The summed E-state index contributed by atoms with van der Waals surface area (Å²) in [5.74, 6) is -0.426. The Morgan fingerprint density at radius 2 is 1.65 bits per heavy atom. The van der Waals surface area contributed by atoms with Crippen LogP contribution in [0.5, 0.6) is 5.75 Å². The summed E-state index contributed by atoms with van der Waals surface area (Å²) in [6.07, 6.45) is -0.0235. The highest BCUT2D eigenvalue weighted by Crippen LogP contribution is 2.22. The summed E-state index contributed by atoms with van der Waals surface area (Å²) >= 11 is 6.03. The van der Waals surface area contributed by atoms with Gasteiger partial charge in [0, 0.05) is 17.5 Å². The minimum atomic E-state index is -0.501. The molecule has 0 aliphatic carbocycles. The summed E-state index contributed by atoms with van der Waals surface area (Å²) in [5, 5.41) is 3.43. The van der Waals surface area contributed by atoms with Crippen LogP contribution in [0.15, 0.2) is 72.8 Å². The lowest BCUT2D eigenvalue weighted by atomic mass is 10.0. The summed E-state index contributed by atoms with van der Waals surface area (Å²) in [6, 6.07) is 21.0. The molecular weight excluding hydrogens is 454 g/mol. The van der Waals surface area contributed by atoms with Gasteiger partial charge in [-0.15, -0.1) is 0 Å². The van der Waals surface area contributed by atoms with E-state index in [2.05, 4.69) is 16.2 Å². The number of hydrazine groups is 1. The first-order valence-electron chi connectivity index (χ1n) is 10.7. The first kappa shape index (κ1) is 24.8. The summed E-state index contributed by atoms with van der Waals surface area (Å²) in [7, 11) is 0. The molecule has 0 aliphatic heterocycles. The third-order valence-corrected chi connectivity index (χ3v) is 5.46. The number of halogens is 1. The van der Waals surface area contributed by atoms with Crippen molar-refractivity contribution < 1.29 is 19.1 Å². The molecule has 0 aromatic heterocycles. The average Bonchev–Trinajstić information content (AvgIpc) is 2.83. The summed E-state index contributed by atoms with van der Waals surface area (Å²) in [5.41, 5.74) is 7.80. The Morgan fingerprint density at radius 1 is 0.941 bits per heavy atom. The summed E-state index contributed by atoms with van der Waals surface area (Å²) in [6.45, 7) is 3.63. The number of rotatable bonds is 8. The third-order valence-electron chi connectivity index (χ3n) is 5.04. The fourth-order valence-corrected chi connectivity index (χ4v) is 3.36. The van der Waals surface area contributed by atoms with Gasteiger partial charge < -0.3 is 10.1 Å². The lowest BCUT2D eigenvalue weighted by Gasteiger charge is -2.18. The van der Waals surface area contributed by atoms with E-state index in [4.69, 9.17) is 16.3 Å². The third kappa shape index (κ3) is 7.35. The topological polar surface area (TPSA) is 96.5 Å². The quantitative estimate of drug-likeness (QED) is 0.421. The molecule has 0 aliphatic rings. The number of ether oxygens (including phenoxy) is 1. The Labute approximate surface area is 203 Å². The molecule has 176 valence electrons. The van der Waals surface area contributed by atoms with Gasteiger partial charge in [-0.1, -0.05) is 54.1 Å². The smallest absolute Gasteiger partial charge is 0.269 e. The molecule has 0 bridgehead atoms. The van der Waals surface area contributed by atoms with Crippen molar-refractivity contribution in [2.45, 2.75) is 32.9 Å². The van der Waals surface area contributed by atoms with E-state index in [0.717, 1.165) is 16.7 Å². The largest absolute Gasteiger partial charge is 0.489 e. The van der Waals surface area contributed by atoms with E-state index in [1.165, 1.54) is 6.92 Å². The van der Waals surface area contributed by atoms with Crippen LogP contribution in [-0.4, -0.2) is 17.7 Å². The van der Waals surface area contributed by atoms with Gasteiger partial charge in [-0.3, -0.25) is 25.2 Å². The molecule has 0 spiro atoms. The Bertz CT molecular complexity index is 1150. The predicted octanol–water partition coefficient (Wildman–Crippen LogP) is 4.26. The molecular formula is C26H26ClN3O4. The molecule has 0 fully saturated rings. The second-order valence-corrected chi connectivity index (χ2v) is 8.17. The van der Waals surface area contributed by atoms with Gasteiger partial charge in [0.05, 0.1) is 12.5 Å². The number of carbonyl (C=O) groups excluding carboxylic acids is 3. The number of hydrogen-bond acceptors (Lipinski definition) is 4. The second kappa shape index (κ2) is 11.9. The second-order valence-electron chi connectivity index (χ2n) is 7.77. The van der Waals surface area contributed by atoms with Gasteiger partial charge in [0.2, 0.25) is 11.8 Å². The van der Waals surface area contributed by atoms with Crippen molar-refractivity contribution in [2.24, 2.45) is 0 Å². The Morgan fingerprint density at radius 3 is 2.29 bits per heavy atom. The van der Waals surface area contributed by atoms with Gasteiger partial charge in [0.1, 0.15) is 12.4 Å². The van der Waals surface area contributed by atoms with Crippen LogP contribution < -0.4 is 20.9 Å². The molecule has 7 nitrogen and oxygen atoms in total. The maximum atomic E-state index is 12.4.